The molecular formula is C21H24N4O3. The standard InChI is InChI=1S/C21H24N4O3/c1-14-11-20(24-16-7-5-6-8-17(16)26-2)25-21(23-14)22-13-15-9-10-18(27-3)19(12-15)28-4/h5-12H,13H2,1-4H3,(H2,22,23,24,25). The number of anilines is 3. The monoisotopic (exact) mass is 380 g/mol. The minimum atomic E-state index is 0.534. The summed E-state index contributed by atoms with van der Waals surface area (Å²) in [4.78, 5) is 9.01. The van der Waals surface area contributed by atoms with Crippen LogP contribution in [0.25, 0.3) is 0 Å². The molecule has 0 amide bonds. The summed E-state index contributed by atoms with van der Waals surface area (Å²) in [5.41, 5.74) is 2.72. The van der Waals surface area contributed by atoms with E-state index in [1.165, 1.54) is 0 Å². The second-order valence-corrected chi connectivity index (χ2v) is 6.09. The lowest BCUT2D eigenvalue weighted by molar-refractivity contribution is 0.354. The van der Waals surface area contributed by atoms with Gasteiger partial charge in [-0.05, 0) is 36.8 Å². The largest absolute Gasteiger partial charge is 0.495 e. The van der Waals surface area contributed by atoms with E-state index < -0.39 is 0 Å². The average Bonchev–Trinajstić information content (AvgIpc) is 2.72. The van der Waals surface area contributed by atoms with Crippen LogP contribution < -0.4 is 24.8 Å². The van der Waals surface area contributed by atoms with E-state index in [1.54, 1.807) is 21.3 Å². The molecule has 0 unspecified atom stereocenters. The maximum atomic E-state index is 5.38. The third-order valence-corrected chi connectivity index (χ3v) is 4.12. The summed E-state index contributed by atoms with van der Waals surface area (Å²) >= 11 is 0. The van der Waals surface area contributed by atoms with Crippen LogP contribution in [0.4, 0.5) is 17.5 Å². The van der Waals surface area contributed by atoms with Gasteiger partial charge in [0.15, 0.2) is 11.5 Å². The van der Waals surface area contributed by atoms with Crippen LogP contribution in [0.15, 0.2) is 48.5 Å². The van der Waals surface area contributed by atoms with Crippen molar-refractivity contribution in [2.45, 2.75) is 13.5 Å². The molecule has 146 valence electrons. The molecule has 0 aliphatic carbocycles. The quantitative estimate of drug-likeness (QED) is 0.607. The SMILES string of the molecule is COc1ccccc1Nc1cc(C)nc(NCc2ccc(OC)c(OC)c2)n1. The number of aryl methyl sites for hydroxylation is 1. The van der Waals surface area contributed by atoms with E-state index in [9.17, 15) is 0 Å². The Balaban J connectivity index is 1.75. The Bertz CT molecular complexity index is 947. The van der Waals surface area contributed by atoms with E-state index in [4.69, 9.17) is 14.2 Å². The molecule has 28 heavy (non-hydrogen) atoms. The van der Waals surface area contributed by atoms with Crippen molar-refractivity contribution in [3.63, 3.8) is 0 Å². The molecule has 0 fully saturated rings. The van der Waals surface area contributed by atoms with Crippen LogP contribution in [0.1, 0.15) is 11.3 Å². The Morgan fingerprint density at radius 1 is 0.821 bits per heavy atom. The van der Waals surface area contributed by atoms with E-state index >= 15 is 0 Å². The number of para-hydroxylation sites is 2. The maximum Gasteiger partial charge on any atom is 0.225 e. The average molecular weight is 380 g/mol. The van der Waals surface area contributed by atoms with Crippen molar-refractivity contribution in [3.8, 4) is 17.2 Å². The summed E-state index contributed by atoms with van der Waals surface area (Å²) in [6, 6.07) is 15.4. The molecule has 2 aromatic carbocycles. The third kappa shape index (κ3) is 4.62. The Hall–Kier alpha value is -3.48. The highest BCUT2D eigenvalue weighted by molar-refractivity contribution is 5.64. The van der Waals surface area contributed by atoms with Crippen LogP contribution >= 0.6 is 0 Å². The van der Waals surface area contributed by atoms with E-state index in [1.807, 2.05) is 55.5 Å². The molecule has 1 heterocycles. The number of hydrogen-bond donors (Lipinski definition) is 2. The number of nitrogens with zero attached hydrogens (tertiary/aromatic N) is 2. The van der Waals surface area contributed by atoms with E-state index in [-0.39, 0.29) is 0 Å². The summed E-state index contributed by atoms with van der Waals surface area (Å²) in [7, 11) is 4.88. The maximum absolute atomic E-state index is 5.38. The van der Waals surface area contributed by atoms with Gasteiger partial charge in [0.2, 0.25) is 5.95 Å². The van der Waals surface area contributed by atoms with Gasteiger partial charge in [-0.3, -0.25) is 0 Å². The molecule has 0 atom stereocenters. The minimum absolute atomic E-state index is 0.534. The summed E-state index contributed by atoms with van der Waals surface area (Å²) < 4.78 is 16.0. The van der Waals surface area contributed by atoms with Crippen molar-refractivity contribution in [2.24, 2.45) is 0 Å². The first-order valence-electron chi connectivity index (χ1n) is 8.83. The van der Waals surface area contributed by atoms with Gasteiger partial charge in [-0.1, -0.05) is 18.2 Å². The Morgan fingerprint density at radius 3 is 2.32 bits per heavy atom. The first-order valence-corrected chi connectivity index (χ1v) is 8.83. The molecule has 0 bridgehead atoms. The van der Waals surface area contributed by atoms with E-state index in [2.05, 4.69) is 20.6 Å². The molecule has 3 aromatic rings. The molecule has 0 saturated carbocycles. The fourth-order valence-electron chi connectivity index (χ4n) is 2.77. The van der Waals surface area contributed by atoms with Crippen LogP contribution in [0.5, 0.6) is 17.2 Å². The van der Waals surface area contributed by atoms with Gasteiger partial charge >= 0.3 is 0 Å². The number of benzene rings is 2. The minimum Gasteiger partial charge on any atom is -0.495 e. The molecule has 7 nitrogen and oxygen atoms in total. The van der Waals surface area contributed by atoms with Crippen LogP contribution in [0.3, 0.4) is 0 Å². The molecule has 0 radical (unpaired) electrons. The van der Waals surface area contributed by atoms with Gasteiger partial charge in [0.05, 0.1) is 27.0 Å². The summed E-state index contributed by atoms with van der Waals surface area (Å²) in [6.45, 7) is 2.48. The van der Waals surface area contributed by atoms with Gasteiger partial charge in [-0.25, -0.2) is 4.98 Å². The van der Waals surface area contributed by atoms with Crippen LogP contribution in [0.2, 0.25) is 0 Å². The predicted octanol–water partition coefficient (Wildman–Crippen LogP) is 4.17. The zero-order valence-electron chi connectivity index (χ0n) is 16.4. The lowest BCUT2D eigenvalue weighted by Crippen LogP contribution is -2.07. The number of hydrogen-bond acceptors (Lipinski definition) is 7. The van der Waals surface area contributed by atoms with E-state index in [0.717, 1.165) is 22.7 Å². The van der Waals surface area contributed by atoms with E-state index in [0.29, 0.717) is 29.8 Å². The van der Waals surface area contributed by atoms with Gasteiger partial charge < -0.3 is 24.8 Å². The zero-order chi connectivity index (χ0) is 19.9. The molecule has 0 aliphatic heterocycles. The highest BCUT2D eigenvalue weighted by atomic mass is 16.5. The summed E-state index contributed by atoms with van der Waals surface area (Å²) in [5, 5.41) is 6.54. The smallest absolute Gasteiger partial charge is 0.225 e. The van der Waals surface area contributed by atoms with Crippen molar-refractivity contribution < 1.29 is 14.2 Å². The number of aromatic nitrogens is 2. The van der Waals surface area contributed by atoms with Gasteiger partial charge in [0.1, 0.15) is 11.6 Å². The topological polar surface area (TPSA) is 77.5 Å². The summed E-state index contributed by atoms with van der Waals surface area (Å²) in [6.07, 6.45) is 0. The molecule has 2 N–H and O–H groups in total. The summed E-state index contributed by atoms with van der Waals surface area (Å²) in [5.74, 6) is 3.35. The Morgan fingerprint density at radius 2 is 1.57 bits per heavy atom. The number of ether oxygens (including phenoxy) is 3. The van der Waals surface area contributed by atoms with Gasteiger partial charge in [-0.15, -0.1) is 0 Å². The number of nitrogens with one attached hydrogen (secondary N) is 2. The van der Waals surface area contributed by atoms with Gasteiger partial charge in [-0.2, -0.15) is 4.98 Å². The second-order valence-electron chi connectivity index (χ2n) is 6.09. The fourth-order valence-corrected chi connectivity index (χ4v) is 2.77. The van der Waals surface area contributed by atoms with Crippen molar-refractivity contribution in [1.82, 2.24) is 9.97 Å². The second kappa shape index (κ2) is 8.94. The van der Waals surface area contributed by atoms with Crippen molar-refractivity contribution >= 4 is 17.5 Å². The number of methoxy groups -OCH3 is 3. The molecule has 7 heteroatoms. The first kappa shape index (κ1) is 19.3. The van der Waals surface area contributed by atoms with Gasteiger partial charge in [0, 0.05) is 18.3 Å². The lowest BCUT2D eigenvalue weighted by Gasteiger charge is -2.13. The van der Waals surface area contributed by atoms with Crippen molar-refractivity contribution in [3.05, 3.63) is 59.8 Å². The molecule has 0 spiro atoms. The third-order valence-electron chi connectivity index (χ3n) is 4.12. The highest BCUT2D eigenvalue weighted by Crippen LogP contribution is 2.28. The molecule has 0 aliphatic rings. The van der Waals surface area contributed by atoms with Crippen LogP contribution in [0, 0.1) is 6.92 Å². The van der Waals surface area contributed by atoms with Crippen LogP contribution in [-0.2, 0) is 6.54 Å². The molecule has 1 aromatic heterocycles. The lowest BCUT2D eigenvalue weighted by atomic mass is 10.2. The van der Waals surface area contributed by atoms with Crippen molar-refractivity contribution in [2.75, 3.05) is 32.0 Å². The Kier molecular flexibility index (Phi) is 6.16. The van der Waals surface area contributed by atoms with Crippen LogP contribution in [-0.4, -0.2) is 31.3 Å². The fraction of sp³-hybridized carbons (Fsp3) is 0.238. The molecule has 0 saturated heterocycles. The van der Waals surface area contributed by atoms with Crippen molar-refractivity contribution in [1.29, 1.82) is 0 Å². The normalized spacial score (nSPS) is 10.3. The zero-order valence-corrected chi connectivity index (χ0v) is 16.4. The highest BCUT2D eigenvalue weighted by Gasteiger charge is 2.08. The first-order chi connectivity index (χ1) is 13.6. The number of rotatable bonds is 8. The predicted molar refractivity (Wildman–Crippen MR) is 110 cm³/mol. The molecule has 3 rings (SSSR count). The molecular weight excluding hydrogens is 356 g/mol. The van der Waals surface area contributed by atoms with Gasteiger partial charge in [0.25, 0.3) is 0 Å². The Labute approximate surface area is 164 Å².